The molecule has 6 nitrogen and oxygen atoms in total. The SMILES string of the molecule is CCCONC(=O)c1c(Nc2ccc(C)cc2F)c2cnccc2n1C. The summed E-state index contributed by atoms with van der Waals surface area (Å²) in [6.45, 7) is 4.17. The van der Waals surface area contributed by atoms with Crippen LogP contribution >= 0.6 is 0 Å². The third-order valence-electron chi connectivity index (χ3n) is 4.07. The Morgan fingerprint density at radius 1 is 1.35 bits per heavy atom. The Balaban J connectivity index is 2.07. The highest BCUT2D eigenvalue weighted by Gasteiger charge is 2.22. The summed E-state index contributed by atoms with van der Waals surface area (Å²) in [6.07, 6.45) is 4.07. The number of pyridine rings is 1. The van der Waals surface area contributed by atoms with E-state index in [2.05, 4.69) is 15.8 Å². The van der Waals surface area contributed by atoms with Crippen LogP contribution in [0.2, 0.25) is 0 Å². The first-order chi connectivity index (χ1) is 12.5. The van der Waals surface area contributed by atoms with Gasteiger partial charge >= 0.3 is 0 Å². The van der Waals surface area contributed by atoms with Crippen LogP contribution in [0.1, 0.15) is 29.4 Å². The lowest BCUT2D eigenvalue weighted by Gasteiger charge is -2.11. The molecule has 0 unspecified atom stereocenters. The van der Waals surface area contributed by atoms with Crippen molar-refractivity contribution in [2.45, 2.75) is 20.3 Å². The van der Waals surface area contributed by atoms with Crippen LogP contribution in [0.3, 0.4) is 0 Å². The van der Waals surface area contributed by atoms with Crippen LogP contribution < -0.4 is 10.8 Å². The maximum atomic E-state index is 14.3. The number of hydrogen-bond donors (Lipinski definition) is 2. The normalized spacial score (nSPS) is 10.9. The number of nitrogens with zero attached hydrogens (tertiary/aromatic N) is 2. The summed E-state index contributed by atoms with van der Waals surface area (Å²) >= 11 is 0. The molecule has 1 amide bonds. The number of carbonyl (C=O) groups excluding carboxylic acids is 1. The zero-order chi connectivity index (χ0) is 18.7. The first kappa shape index (κ1) is 17.9. The average Bonchev–Trinajstić information content (AvgIpc) is 2.90. The fraction of sp³-hybridized carbons (Fsp3) is 0.263. The molecular weight excluding hydrogens is 335 g/mol. The standard InChI is InChI=1S/C19H21FN4O2/c1-4-9-26-23-19(25)18-17(13-11-21-8-7-16(13)24(18)3)22-15-6-5-12(2)10-14(15)20/h5-8,10-11,22H,4,9H2,1-3H3,(H,23,25). The number of aryl methyl sites for hydroxylation is 2. The Kier molecular flexibility index (Phi) is 5.18. The van der Waals surface area contributed by atoms with Crippen molar-refractivity contribution in [2.75, 3.05) is 11.9 Å². The molecule has 3 aromatic rings. The average molecular weight is 356 g/mol. The molecule has 0 aliphatic rings. The second-order valence-electron chi connectivity index (χ2n) is 6.06. The lowest BCUT2D eigenvalue weighted by atomic mass is 10.2. The van der Waals surface area contributed by atoms with Crippen LogP contribution in [0.4, 0.5) is 15.8 Å². The van der Waals surface area contributed by atoms with Crippen LogP contribution in [0, 0.1) is 12.7 Å². The predicted molar refractivity (Wildman–Crippen MR) is 98.8 cm³/mol. The second kappa shape index (κ2) is 7.53. The van der Waals surface area contributed by atoms with E-state index in [1.54, 1.807) is 42.2 Å². The van der Waals surface area contributed by atoms with E-state index in [0.29, 0.717) is 18.0 Å². The summed E-state index contributed by atoms with van der Waals surface area (Å²) in [5.74, 6) is -0.799. The van der Waals surface area contributed by atoms with Gasteiger partial charge in [0.2, 0.25) is 0 Å². The van der Waals surface area contributed by atoms with Gasteiger partial charge < -0.3 is 9.88 Å². The van der Waals surface area contributed by atoms with Gasteiger partial charge in [-0.3, -0.25) is 14.6 Å². The molecule has 0 saturated heterocycles. The fourth-order valence-electron chi connectivity index (χ4n) is 2.80. The Morgan fingerprint density at radius 2 is 2.15 bits per heavy atom. The summed E-state index contributed by atoms with van der Waals surface area (Å²) in [4.78, 5) is 21.9. The Morgan fingerprint density at radius 3 is 2.88 bits per heavy atom. The van der Waals surface area contributed by atoms with Gasteiger partial charge in [-0.25, -0.2) is 9.87 Å². The van der Waals surface area contributed by atoms with Gasteiger partial charge in [-0.1, -0.05) is 13.0 Å². The lowest BCUT2D eigenvalue weighted by Crippen LogP contribution is -2.26. The van der Waals surface area contributed by atoms with Crippen LogP contribution in [0.15, 0.2) is 36.7 Å². The van der Waals surface area contributed by atoms with Crippen LogP contribution in [-0.2, 0) is 11.9 Å². The van der Waals surface area contributed by atoms with E-state index in [0.717, 1.165) is 22.9 Å². The molecule has 2 heterocycles. The zero-order valence-electron chi connectivity index (χ0n) is 15.0. The highest BCUT2D eigenvalue weighted by molar-refractivity contribution is 6.09. The van der Waals surface area contributed by atoms with Gasteiger partial charge in [-0.05, 0) is 37.1 Å². The molecule has 0 spiro atoms. The summed E-state index contributed by atoms with van der Waals surface area (Å²) in [5.41, 5.74) is 5.16. The molecule has 0 radical (unpaired) electrons. The molecule has 0 bridgehead atoms. The number of halogens is 1. The van der Waals surface area contributed by atoms with E-state index in [-0.39, 0.29) is 11.5 Å². The highest BCUT2D eigenvalue weighted by atomic mass is 19.1. The van der Waals surface area contributed by atoms with Crippen molar-refractivity contribution in [1.82, 2.24) is 15.0 Å². The van der Waals surface area contributed by atoms with E-state index in [1.807, 2.05) is 13.8 Å². The molecule has 136 valence electrons. The van der Waals surface area contributed by atoms with E-state index in [1.165, 1.54) is 6.07 Å². The number of hydroxylamine groups is 1. The number of fused-ring (bicyclic) bond motifs is 1. The predicted octanol–water partition coefficient (Wildman–Crippen LogP) is 3.84. The van der Waals surface area contributed by atoms with E-state index in [4.69, 9.17) is 4.84 Å². The number of carbonyl (C=O) groups is 1. The van der Waals surface area contributed by atoms with Crippen molar-refractivity contribution in [3.05, 3.63) is 53.7 Å². The number of aromatic nitrogens is 2. The fourth-order valence-corrected chi connectivity index (χ4v) is 2.80. The molecule has 0 fully saturated rings. The molecule has 0 saturated carbocycles. The first-order valence-electron chi connectivity index (χ1n) is 8.40. The monoisotopic (exact) mass is 356 g/mol. The second-order valence-corrected chi connectivity index (χ2v) is 6.06. The molecule has 0 atom stereocenters. The first-order valence-corrected chi connectivity index (χ1v) is 8.40. The summed E-state index contributed by atoms with van der Waals surface area (Å²) in [6, 6.07) is 6.69. The number of nitrogens with one attached hydrogen (secondary N) is 2. The Labute approximate surface area is 150 Å². The van der Waals surface area contributed by atoms with Gasteiger partial charge in [0, 0.05) is 24.8 Å². The third kappa shape index (κ3) is 3.39. The van der Waals surface area contributed by atoms with E-state index >= 15 is 0 Å². The minimum absolute atomic E-state index is 0.287. The van der Waals surface area contributed by atoms with E-state index in [9.17, 15) is 9.18 Å². The number of benzene rings is 1. The molecule has 26 heavy (non-hydrogen) atoms. The molecule has 3 rings (SSSR count). The molecular formula is C19H21FN4O2. The molecule has 2 N–H and O–H groups in total. The lowest BCUT2D eigenvalue weighted by molar-refractivity contribution is 0.0309. The van der Waals surface area contributed by atoms with Gasteiger partial charge in [0.25, 0.3) is 5.91 Å². The summed E-state index contributed by atoms with van der Waals surface area (Å²) in [7, 11) is 1.77. The van der Waals surface area contributed by atoms with Crippen molar-refractivity contribution in [3.63, 3.8) is 0 Å². The minimum Gasteiger partial charge on any atom is -0.351 e. The molecule has 0 aliphatic heterocycles. The van der Waals surface area contributed by atoms with Crippen molar-refractivity contribution in [1.29, 1.82) is 0 Å². The topological polar surface area (TPSA) is 68.2 Å². The quantitative estimate of drug-likeness (QED) is 0.520. The summed E-state index contributed by atoms with van der Waals surface area (Å²) < 4.78 is 16.0. The maximum Gasteiger partial charge on any atom is 0.293 e. The maximum absolute atomic E-state index is 14.3. The van der Waals surface area contributed by atoms with Crippen molar-refractivity contribution < 1.29 is 14.0 Å². The van der Waals surface area contributed by atoms with Crippen LogP contribution in [0.5, 0.6) is 0 Å². The Bertz CT molecular complexity index is 952. The van der Waals surface area contributed by atoms with Crippen LogP contribution in [0.25, 0.3) is 10.9 Å². The van der Waals surface area contributed by atoms with Gasteiger partial charge in [-0.2, -0.15) is 0 Å². The van der Waals surface area contributed by atoms with Gasteiger partial charge in [-0.15, -0.1) is 0 Å². The largest absolute Gasteiger partial charge is 0.351 e. The van der Waals surface area contributed by atoms with Crippen molar-refractivity contribution in [3.8, 4) is 0 Å². The van der Waals surface area contributed by atoms with Gasteiger partial charge in [0.15, 0.2) is 0 Å². The Hall–Kier alpha value is -2.93. The molecule has 0 aliphatic carbocycles. The van der Waals surface area contributed by atoms with E-state index < -0.39 is 5.91 Å². The summed E-state index contributed by atoms with van der Waals surface area (Å²) in [5, 5.41) is 3.77. The van der Waals surface area contributed by atoms with Gasteiger partial charge in [0.05, 0.1) is 23.5 Å². The van der Waals surface area contributed by atoms with Crippen molar-refractivity contribution in [2.24, 2.45) is 7.05 Å². The minimum atomic E-state index is -0.410. The smallest absolute Gasteiger partial charge is 0.293 e. The number of anilines is 2. The number of hydrogen-bond acceptors (Lipinski definition) is 4. The number of rotatable bonds is 6. The zero-order valence-corrected chi connectivity index (χ0v) is 15.0. The molecule has 2 aromatic heterocycles. The van der Waals surface area contributed by atoms with Crippen molar-refractivity contribution >= 4 is 28.2 Å². The number of amides is 1. The third-order valence-corrected chi connectivity index (χ3v) is 4.07. The van der Waals surface area contributed by atoms with Crippen LogP contribution in [-0.4, -0.2) is 22.1 Å². The van der Waals surface area contributed by atoms with Gasteiger partial charge in [0.1, 0.15) is 11.5 Å². The molecule has 7 heteroatoms. The molecule has 1 aromatic carbocycles. The highest BCUT2D eigenvalue weighted by Crippen LogP contribution is 2.33.